The summed E-state index contributed by atoms with van der Waals surface area (Å²) in [5, 5.41) is 6.82. The van der Waals surface area contributed by atoms with Crippen LogP contribution in [0, 0.1) is 10.6 Å². The maximum absolute atomic E-state index is 14.1. The molecule has 0 bridgehead atoms. The zero-order chi connectivity index (χ0) is 14.1. The van der Waals surface area contributed by atoms with Gasteiger partial charge in [0.1, 0.15) is 11.5 Å². The molecule has 100 valence electrons. The van der Waals surface area contributed by atoms with Gasteiger partial charge in [0.25, 0.3) is 0 Å². The van der Waals surface area contributed by atoms with Crippen molar-refractivity contribution in [2.45, 2.75) is 0 Å². The van der Waals surface area contributed by atoms with Gasteiger partial charge in [-0.1, -0.05) is 12.1 Å². The first-order chi connectivity index (χ1) is 9.68. The van der Waals surface area contributed by atoms with E-state index in [1.807, 2.05) is 6.07 Å². The summed E-state index contributed by atoms with van der Waals surface area (Å²) < 4.78 is 16.5. The van der Waals surface area contributed by atoms with E-state index in [0.717, 1.165) is 0 Å². The molecule has 0 saturated carbocycles. The predicted molar refractivity (Wildman–Crippen MR) is 79.6 cm³/mol. The molecule has 0 radical (unpaired) electrons. The van der Waals surface area contributed by atoms with Crippen LogP contribution in [0.3, 0.4) is 0 Å². The van der Waals surface area contributed by atoms with Crippen LogP contribution in [0.15, 0.2) is 47.1 Å². The molecule has 0 saturated heterocycles. The molecule has 0 fully saturated rings. The van der Waals surface area contributed by atoms with Gasteiger partial charge in [-0.3, -0.25) is 14.6 Å². The summed E-state index contributed by atoms with van der Waals surface area (Å²) in [6, 6.07) is 10.2. The lowest BCUT2D eigenvalue weighted by atomic mass is 10.3. The molecule has 0 aliphatic carbocycles. The molecule has 0 aliphatic rings. The Labute approximate surface area is 127 Å². The molecule has 4 nitrogen and oxygen atoms in total. The minimum absolute atomic E-state index is 0.302. The molecule has 2 heterocycles. The van der Waals surface area contributed by atoms with Gasteiger partial charge in [0.15, 0.2) is 10.6 Å². The number of aromatic amines is 1. The van der Waals surface area contributed by atoms with Gasteiger partial charge in [-0.2, -0.15) is 5.10 Å². The fraction of sp³-hybridized carbons (Fsp3) is 0. The number of nitrogens with zero attached hydrogens (tertiary/aromatic N) is 3. The summed E-state index contributed by atoms with van der Waals surface area (Å²) in [4.78, 5) is 4.22. The van der Waals surface area contributed by atoms with Crippen molar-refractivity contribution in [2.75, 3.05) is 0 Å². The topological polar surface area (TPSA) is 46.5 Å². The maximum atomic E-state index is 14.1. The minimum atomic E-state index is -0.394. The summed E-state index contributed by atoms with van der Waals surface area (Å²) in [5.74, 6) is 0.0652. The van der Waals surface area contributed by atoms with E-state index < -0.39 is 5.82 Å². The standard InChI is InChI=1S/C13H8BrFN4S/c14-8-4-3-5-9(15)11(8)19-12(17-18-13(19)20)10-6-1-2-7-16-10/h1-7H,(H,18,20). The molecule has 3 rings (SSSR count). The highest BCUT2D eigenvalue weighted by Crippen LogP contribution is 2.28. The Kier molecular flexibility index (Phi) is 3.45. The molecule has 0 amide bonds. The summed E-state index contributed by atoms with van der Waals surface area (Å²) >= 11 is 8.54. The van der Waals surface area contributed by atoms with Crippen LogP contribution in [0.2, 0.25) is 0 Å². The number of para-hydroxylation sites is 1. The Morgan fingerprint density at radius 2 is 2.05 bits per heavy atom. The second-order valence-electron chi connectivity index (χ2n) is 3.97. The SMILES string of the molecule is Fc1cccc(Br)c1-n1c(-c2ccccn2)n[nH]c1=S. The number of halogens is 2. The number of aromatic nitrogens is 4. The van der Waals surface area contributed by atoms with E-state index in [-0.39, 0.29) is 0 Å². The second kappa shape index (κ2) is 5.26. The van der Waals surface area contributed by atoms with Crippen LogP contribution in [0.25, 0.3) is 17.2 Å². The minimum Gasteiger partial charge on any atom is -0.263 e. The summed E-state index contributed by atoms with van der Waals surface area (Å²) in [7, 11) is 0. The van der Waals surface area contributed by atoms with Gasteiger partial charge in [-0.05, 0) is 52.4 Å². The first kappa shape index (κ1) is 13.1. The van der Waals surface area contributed by atoms with Gasteiger partial charge >= 0.3 is 0 Å². The Balaban J connectivity index is 2.31. The van der Waals surface area contributed by atoms with E-state index in [1.54, 1.807) is 30.5 Å². The van der Waals surface area contributed by atoms with Crippen molar-refractivity contribution in [3.8, 4) is 17.2 Å². The highest BCUT2D eigenvalue weighted by atomic mass is 79.9. The number of rotatable bonds is 2. The molecule has 20 heavy (non-hydrogen) atoms. The lowest BCUT2D eigenvalue weighted by Crippen LogP contribution is -2.02. The van der Waals surface area contributed by atoms with Gasteiger partial charge in [-0.15, -0.1) is 0 Å². The molecule has 0 unspecified atom stereocenters. The highest BCUT2D eigenvalue weighted by molar-refractivity contribution is 9.10. The normalized spacial score (nSPS) is 10.7. The lowest BCUT2D eigenvalue weighted by Gasteiger charge is -2.09. The largest absolute Gasteiger partial charge is 0.263 e. The fourth-order valence-electron chi connectivity index (χ4n) is 1.87. The van der Waals surface area contributed by atoms with E-state index in [1.165, 1.54) is 10.6 Å². The maximum Gasteiger partial charge on any atom is 0.200 e. The van der Waals surface area contributed by atoms with E-state index in [0.29, 0.717) is 26.4 Å². The lowest BCUT2D eigenvalue weighted by molar-refractivity contribution is 0.616. The van der Waals surface area contributed by atoms with Crippen LogP contribution in [0.4, 0.5) is 4.39 Å². The van der Waals surface area contributed by atoms with Crippen molar-refractivity contribution in [1.82, 2.24) is 19.7 Å². The Morgan fingerprint density at radius 1 is 1.20 bits per heavy atom. The summed E-state index contributed by atoms with van der Waals surface area (Å²) in [6.45, 7) is 0. The van der Waals surface area contributed by atoms with Crippen molar-refractivity contribution in [3.63, 3.8) is 0 Å². The molecule has 3 aromatic rings. The van der Waals surface area contributed by atoms with Crippen molar-refractivity contribution >= 4 is 28.1 Å². The Hall–Kier alpha value is -1.86. The summed E-state index contributed by atoms with van der Waals surface area (Å²) in [6.07, 6.45) is 1.65. The van der Waals surface area contributed by atoms with Crippen molar-refractivity contribution in [1.29, 1.82) is 0 Å². The monoisotopic (exact) mass is 350 g/mol. The number of hydrogen-bond donors (Lipinski definition) is 1. The van der Waals surface area contributed by atoms with Gasteiger partial charge < -0.3 is 0 Å². The first-order valence-electron chi connectivity index (χ1n) is 5.71. The number of benzene rings is 1. The quantitative estimate of drug-likeness (QED) is 0.713. The number of pyridine rings is 1. The fourth-order valence-corrected chi connectivity index (χ4v) is 2.62. The third-order valence-corrected chi connectivity index (χ3v) is 3.64. The second-order valence-corrected chi connectivity index (χ2v) is 5.21. The summed E-state index contributed by atoms with van der Waals surface area (Å²) in [5.41, 5.74) is 0.918. The molecule has 2 aromatic heterocycles. The van der Waals surface area contributed by atoms with Crippen molar-refractivity contribution < 1.29 is 4.39 Å². The number of H-pyrrole nitrogens is 1. The van der Waals surface area contributed by atoms with Crippen molar-refractivity contribution in [2.24, 2.45) is 0 Å². The third kappa shape index (κ3) is 2.19. The zero-order valence-corrected chi connectivity index (χ0v) is 12.4. The van der Waals surface area contributed by atoms with E-state index >= 15 is 0 Å². The van der Waals surface area contributed by atoms with Gasteiger partial charge in [-0.25, -0.2) is 4.39 Å². The van der Waals surface area contributed by atoms with Crippen LogP contribution < -0.4 is 0 Å². The Bertz CT molecular complexity index is 792. The molecular formula is C13H8BrFN4S. The molecule has 0 aliphatic heterocycles. The smallest absolute Gasteiger partial charge is 0.200 e. The molecule has 7 heteroatoms. The van der Waals surface area contributed by atoms with Crippen LogP contribution in [0.5, 0.6) is 0 Å². The van der Waals surface area contributed by atoms with E-state index in [2.05, 4.69) is 31.1 Å². The van der Waals surface area contributed by atoms with Gasteiger partial charge in [0.2, 0.25) is 0 Å². The van der Waals surface area contributed by atoms with Crippen LogP contribution in [-0.4, -0.2) is 19.7 Å². The van der Waals surface area contributed by atoms with E-state index in [4.69, 9.17) is 12.2 Å². The Morgan fingerprint density at radius 3 is 2.75 bits per heavy atom. The van der Waals surface area contributed by atoms with Crippen LogP contribution in [-0.2, 0) is 0 Å². The average Bonchev–Trinajstić information content (AvgIpc) is 2.82. The molecule has 1 N–H and O–H groups in total. The number of nitrogens with one attached hydrogen (secondary N) is 1. The third-order valence-electron chi connectivity index (χ3n) is 2.73. The highest BCUT2D eigenvalue weighted by Gasteiger charge is 2.17. The molecule has 1 aromatic carbocycles. The van der Waals surface area contributed by atoms with Gasteiger partial charge in [0, 0.05) is 10.7 Å². The van der Waals surface area contributed by atoms with Crippen LogP contribution in [0.1, 0.15) is 0 Å². The van der Waals surface area contributed by atoms with Gasteiger partial charge in [0.05, 0.1) is 5.69 Å². The molecule has 0 atom stereocenters. The van der Waals surface area contributed by atoms with Crippen LogP contribution >= 0.6 is 28.1 Å². The predicted octanol–water partition coefficient (Wildman–Crippen LogP) is 3.89. The zero-order valence-electron chi connectivity index (χ0n) is 10.0. The first-order valence-corrected chi connectivity index (χ1v) is 6.92. The number of hydrogen-bond acceptors (Lipinski definition) is 3. The van der Waals surface area contributed by atoms with Crippen molar-refractivity contribution in [3.05, 3.63) is 57.7 Å². The molecule has 0 spiro atoms. The van der Waals surface area contributed by atoms with E-state index in [9.17, 15) is 4.39 Å². The average molecular weight is 351 g/mol. The molecular weight excluding hydrogens is 343 g/mol.